The molecule has 6 nitrogen and oxygen atoms in total. The number of anilines is 1. The Hall–Kier alpha value is -3.28. The Morgan fingerprint density at radius 2 is 1.89 bits per heavy atom. The van der Waals surface area contributed by atoms with E-state index < -0.39 is 11.5 Å². The van der Waals surface area contributed by atoms with Crippen molar-refractivity contribution in [2.45, 2.75) is 13.8 Å². The normalized spacial score (nSPS) is 18.3. The number of nitrogens with zero attached hydrogens (tertiary/aromatic N) is 3. The molecule has 1 aromatic carbocycles. The van der Waals surface area contributed by atoms with Crippen LogP contribution in [-0.4, -0.2) is 30.5 Å². The molecule has 1 aliphatic carbocycles. The first-order chi connectivity index (χ1) is 13.1. The molecule has 0 bridgehead atoms. The maximum atomic E-state index is 12.5. The van der Waals surface area contributed by atoms with Gasteiger partial charge in [0.2, 0.25) is 0 Å². The van der Waals surface area contributed by atoms with E-state index in [-0.39, 0.29) is 17.3 Å². The number of hydrogen-bond donors (Lipinski definition) is 0. The van der Waals surface area contributed by atoms with Gasteiger partial charge < -0.3 is 9.32 Å². The van der Waals surface area contributed by atoms with Gasteiger partial charge in [0.1, 0.15) is 17.1 Å². The molecule has 0 spiro atoms. The summed E-state index contributed by atoms with van der Waals surface area (Å²) in [6, 6.07) is 7.44. The van der Waals surface area contributed by atoms with Crippen molar-refractivity contribution in [2.75, 3.05) is 18.0 Å². The van der Waals surface area contributed by atoms with E-state index >= 15 is 0 Å². The third-order valence-electron chi connectivity index (χ3n) is 4.81. The van der Waals surface area contributed by atoms with E-state index in [9.17, 15) is 9.59 Å². The number of rotatable bonds is 4. The monoisotopic (exact) mass is 361 g/mol. The molecule has 1 atom stereocenters. The zero-order valence-electron chi connectivity index (χ0n) is 15.2. The van der Waals surface area contributed by atoms with Crippen molar-refractivity contribution >= 4 is 34.1 Å². The highest BCUT2D eigenvalue weighted by atomic mass is 16.4. The number of carbonyl (C=O) groups is 1. The van der Waals surface area contributed by atoms with Crippen molar-refractivity contribution in [3.63, 3.8) is 0 Å². The van der Waals surface area contributed by atoms with Crippen LogP contribution in [0.2, 0.25) is 0 Å². The second-order valence-corrected chi connectivity index (χ2v) is 6.37. The number of fused-ring (bicyclic) bond motifs is 2. The lowest BCUT2D eigenvalue weighted by Crippen LogP contribution is -2.29. The van der Waals surface area contributed by atoms with E-state index in [2.05, 4.69) is 28.7 Å². The molecule has 1 aromatic heterocycles. The van der Waals surface area contributed by atoms with E-state index in [0.717, 1.165) is 24.2 Å². The van der Waals surface area contributed by atoms with Crippen LogP contribution in [0.15, 0.2) is 67.8 Å². The molecule has 6 heteroatoms. The molecule has 2 aliphatic rings. The first kappa shape index (κ1) is 17.1. The molecule has 0 saturated heterocycles. The minimum absolute atomic E-state index is 0.106. The summed E-state index contributed by atoms with van der Waals surface area (Å²) in [5.74, 6) is -0.690. The van der Waals surface area contributed by atoms with Gasteiger partial charge in [-0.25, -0.2) is 9.79 Å². The van der Waals surface area contributed by atoms with Crippen LogP contribution < -0.4 is 10.5 Å². The van der Waals surface area contributed by atoms with Crippen LogP contribution in [0.3, 0.4) is 0 Å². The van der Waals surface area contributed by atoms with Crippen molar-refractivity contribution in [3.05, 3.63) is 64.6 Å². The highest BCUT2D eigenvalue weighted by Gasteiger charge is 2.28. The number of amides is 1. The Morgan fingerprint density at radius 1 is 1.07 bits per heavy atom. The molecule has 1 amide bonds. The Morgan fingerprint density at radius 3 is 2.67 bits per heavy atom. The Labute approximate surface area is 156 Å². The minimum atomic E-state index is -0.552. The topological polar surface area (TPSA) is 75.2 Å². The van der Waals surface area contributed by atoms with Crippen LogP contribution in [0, 0.1) is 5.92 Å². The van der Waals surface area contributed by atoms with Crippen molar-refractivity contribution < 1.29 is 9.21 Å². The van der Waals surface area contributed by atoms with E-state index in [1.165, 1.54) is 0 Å². The van der Waals surface area contributed by atoms with Crippen LogP contribution in [0.1, 0.15) is 19.4 Å². The van der Waals surface area contributed by atoms with Crippen LogP contribution in [-0.2, 0) is 4.79 Å². The van der Waals surface area contributed by atoms with Gasteiger partial charge in [0, 0.05) is 30.2 Å². The average molecular weight is 361 g/mol. The zero-order chi connectivity index (χ0) is 19.0. The highest BCUT2D eigenvalue weighted by molar-refractivity contribution is 6.24. The first-order valence-electron chi connectivity index (χ1n) is 9.00. The standard InChI is InChI=1S/C21H19N3O3/c1-3-24(4-2)14-10-9-13-11-16(21(26)27-18(13)12-14)19-22-17-8-6-5-7-15(17)20(25)23-19/h5-12,15H,3-4H2,1-2H3. The van der Waals surface area contributed by atoms with E-state index in [0.29, 0.717) is 11.3 Å². The summed E-state index contributed by atoms with van der Waals surface area (Å²) in [7, 11) is 0. The fraction of sp³-hybridized carbons (Fsp3) is 0.238. The lowest BCUT2D eigenvalue weighted by molar-refractivity contribution is -0.118. The third kappa shape index (κ3) is 3.03. The van der Waals surface area contributed by atoms with Gasteiger partial charge in [-0.2, -0.15) is 4.99 Å². The Balaban J connectivity index is 1.78. The number of benzene rings is 1. The molecule has 1 unspecified atom stereocenters. The van der Waals surface area contributed by atoms with Gasteiger partial charge in [-0.1, -0.05) is 18.2 Å². The second-order valence-electron chi connectivity index (χ2n) is 6.37. The lowest BCUT2D eigenvalue weighted by Gasteiger charge is -2.21. The van der Waals surface area contributed by atoms with Gasteiger partial charge >= 0.3 is 5.63 Å². The highest BCUT2D eigenvalue weighted by Crippen LogP contribution is 2.23. The van der Waals surface area contributed by atoms with Crippen molar-refractivity contribution in [3.8, 4) is 0 Å². The summed E-state index contributed by atoms with van der Waals surface area (Å²) in [5, 5.41) is 0.761. The third-order valence-corrected chi connectivity index (χ3v) is 4.81. The van der Waals surface area contributed by atoms with E-state index in [1.807, 2.05) is 24.3 Å². The fourth-order valence-electron chi connectivity index (χ4n) is 3.33. The smallest absolute Gasteiger partial charge is 0.347 e. The van der Waals surface area contributed by atoms with Crippen molar-refractivity contribution in [1.29, 1.82) is 0 Å². The summed E-state index contributed by atoms with van der Waals surface area (Å²) in [6.45, 7) is 5.88. The molecule has 0 fully saturated rings. The van der Waals surface area contributed by atoms with Crippen LogP contribution in [0.25, 0.3) is 11.0 Å². The zero-order valence-corrected chi connectivity index (χ0v) is 15.2. The van der Waals surface area contributed by atoms with Gasteiger partial charge in [-0.15, -0.1) is 0 Å². The molecule has 4 rings (SSSR count). The van der Waals surface area contributed by atoms with Crippen LogP contribution >= 0.6 is 0 Å². The lowest BCUT2D eigenvalue weighted by atomic mass is 9.96. The average Bonchev–Trinajstić information content (AvgIpc) is 2.68. The molecule has 0 N–H and O–H groups in total. The molecule has 2 aromatic rings. The first-order valence-corrected chi connectivity index (χ1v) is 9.00. The summed E-state index contributed by atoms with van der Waals surface area (Å²) >= 11 is 0. The van der Waals surface area contributed by atoms with E-state index in [4.69, 9.17) is 4.42 Å². The van der Waals surface area contributed by atoms with E-state index in [1.54, 1.807) is 24.3 Å². The summed E-state index contributed by atoms with van der Waals surface area (Å²) in [5.41, 5.74) is 1.73. The second kappa shape index (κ2) is 6.79. The number of allylic oxidation sites excluding steroid dienone is 3. The number of hydrogen-bond acceptors (Lipinski definition) is 5. The summed E-state index contributed by atoms with van der Waals surface area (Å²) < 4.78 is 5.52. The summed E-state index contributed by atoms with van der Waals surface area (Å²) in [6.07, 6.45) is 7.11. The van der Waals surface area contributed by atoms with Crippen molar-refractivity contribution in [1.82, 2.24) is 0 Å². The molecule has 0 radical (unpaired) electrons. The van der Waals surface area contributed by atoms with Crippen LogP contribution in [0.5, 0.6) is 0 Å². The van der Waals surface area contributed by atoms with Gasteiger partial charge in [-0.05, 0) is 38.1 Å². The number of amidine groups is 1. The maximum Gasteiger partial charge on any atom is 0.347 e. The van der Waals surface area contributed by atoms with Gasteiger partial charge in [-0.3, -0.25) is 4.79 Å². The summed E-state index contributed by atoms with van der Waals surface area (Å²) in [4.78, 5) is 35.4. The quantitative estimate of drug-likeness (QED) is 0.784. The predicted molar refractivity (Wildman–Crippen MR) is 107 cm³/mol. The Bertz CT molecular complexity index is 1100. The molecule has 0 saturated carbocycles. The number of carbonyl (C=O) groups excluding carboxylic acids is 1. The van der Waals surface area contributed by atoms with Gasteiger partial charge in [0.05, 0.1) is 5.71 Å². The van der Waals surface area contributed by atoms with Gasteiger partial charge in [0.25, 0.3) is 5.91 Å². The molecule has 1 aliphatic heterocycles. The number of aliphatic imine (C=N–C) groups is 2. The molecular weight excluding hydrogens is 342 g/mol. The fourth-order valence-corrected chi connectivity index (χ4v) is 3.33. The molecular formula is C21H19N3O3. The predicted octanol–water partition coefficient (Wildman–Crippen LogP) is 3.11. The van der Waals surface area contributed by atoms with Gasteiger partial charge in [0.15, 0.2) is 5.84 Å². The van der Waals surface area contributed by atoms with Crippen LogP contribution in [0.4, 0.5) is 5.69 Å². The molecule has 27 heavy (non-hydrogen) atoms. The molecule has 136 valence electrons. The largest absolute Gasteiger partial charge is 0.422 e. The maximum absolute atomic E-state index is 12.5. The Kier molecular flexibility index (Phi) is 4.32. The SMILES string of the molecule is CCN(CC)c1ccc2cc(C3=NC(=O)C4C=CC=CC4=N3)c(=O)oc2c1. The molecule has 2 heterocycles. The minimum Gasteiger partial charge on any atom is -0.422 e. The van der Waals surface area contributed by atoms with Crippen molar-refractivity contribution in [2.24, 2.45) is 15.9 Å².